The third kappa shape index (κ3) is 4.96. The van der Waals surface area contributed by atoms with E-state index >= 15 is 0 Å². The summed E-state index contributed by atoms with van der Waals surface area (Å²) in [5, 5.41) is 32.3. The summed E-state index contributed by atoms with van der Waals surface area (Å²) in [6.45, 7) is 2.20. The highest BCUT2D eigenvalue weighted by Crippen LogP contribution is 2.22. The molecule has 0 amide bonds. The topological polar surface area (TPSA) is 82.0 Å². The van der Waals surface area contributed by atoms with Crippen LogP contribution in [0, 0.1) is 0 Å². The van der Waals surface area contributed by atoms with Gasteiger partial charge in [-0.1, -0.05) is 18.2 Å². The molecule has 2 rings (SSSR count). The molecule has 0 aliphatic carbocycles. The molecular weight excluding hydrogens is 306 g/mol. The summed E-state index contributed by atoms with van der Waals surface area (Å²) in [7, 11) is 1.64. The first kappa shape index (κ1) is 18.3. The molecule has 5 nitrogen and oxygen atoms in total. The van der Waals surface area contributed by atoms with Crippen LogP contribution >= 0.6 is 0 Å². The molecule has 5 heteroatoms. The highest BCUT2D eigenvalue weighted by molar-refractivity contribution is 5.36. The highest BCUT2D eigenvalue weighted by Gasteiger charge is 2.12. The summed E-state index contributed by atoms with van der Waals surface area (Å²) in [6, 6.07) is 12.9. The normalized spacial score (nSPS) is 13.5. The number of aliphatic hydroxyl groups is 2. The smallest absolute Gasteiger partial charge is 0.121 e. The molecule has 24 heavy (non-hydrogen) atoms. The molecule has 0 aromatic heterocycles. The molecule has 0 radical (unpaired) electrons. The summed E-state index contributed by atoms with van der Waals surface area (Å²) >= 11 is 0. The molecule has 2 atom stereocenters. The van der Waals surface area contributed by atoms with E-state index in [1.54, 1.807) is 19.2 Å². The number of phenols is 1. The zero-order chi connectivity index (χ0) is 17.5. The molecule has 0 bridgehead atoms. The fraction of sp³-hybridized carbons (Fsp3) is 0.368. The van der Waals surface area contributed by atoms with E-state index in [1.165, 1.54) is 11.6 Å². The first-order chi connectivity index (χ1) is 11.5. The summed E-state index contributed by atoms with van der Waals surface area (Å²) in [5.41, 5.74) is 2.27. The van der Waals surface area contributed by atoms with Gasteiger partial charge in [-0.05, 0) is 48.7 Å². The van der Waals surface area contributed by atoms with Gasteiger partial charge in [-0.25, -0.2) is 0 Å². The zero-order valence-corrected chi connectivity index (χ0v) is 14.1. The van der Waals surface area contributed by atoms with Crippen molar-refractivity contribution in [3.63, 3.8) is 0 Å². The molecule has 0 aliphatic rings. The molecule has 0 aliphatic heterocycles. The number of methoxy groups -OCH3 is 1. The number of ether oxygens (including phenoxy) is 1. The molecule has 130 valence electrons. The Bertz CT molecular complexity index is 642. The van der Waals surface area contributed by atoms with Crippen LogP contribution in [0.25, 0.3) is 0 Å². The predicted molar refractivity (Wildman–Crippen MR) is 93.2 cm³/mol. The molecule has 0 saturated carbocycles. The van der Waals surface area contributed by atoms with Crippen LogP contribution in [0.4, 0.5) is 0 Å². The van der Waals surface area contributed by atoms with Crippen LogP contribution in [0.5, 0.6) is 11.5 Å². The maximum atomic E-state index is 10.3. The summed E-state index contributed by atoms with van der Waals surface area (Å²) in [4.78, 5) is 0. The quantitative estimate of drug-likeness (QED) is 0.596. The summed E-state index contributed by atoms with van der Waals surface area (Å²) in [6.07, 6.45) is 0.142. The Balaban J connectivity index is 1.87. The van der Waals surface area contributed by atoms with Crippen molar-refractivity contribution < 1.29 is 20.1 Å². The Morgan fingerprint density at radius 1 is 1.12 bits per heavy atom. The van der Waals surface area contributed by atoms with Gasteiger partial charge in [-0.15, -0.1) is 0 Å². The maximum absolute atomic E-state index is 10.3. The van der Waals surface area contributed by atoms with Gasteiger partial charge in [0.2, 0.25) is 0 Å². The Morgan fingerprint density at radius 3 is 2.46 bits per heavy atom. The number of aromatic hydroxyl groups is 1. The van der Waals surface area contributed by atoms with E-state index in [-0.39, 0.29) is 18.4 Å². The van der Waals surface area contributed by atoms with Gasteiger partial charge in [-0.2, -0.15) is 0 Å². The molecule has 2 aromatic rings. The Hall–Kier alpha value is -2.08. The lowest BCUT2D eigenvalue weighted by atomic mass is 10.0. The standard InChI is InChI=1S/C19H25NO4/c1-13(9-14-3-6-17(24-2)7-4-14)20-11-19(23)15-5-8-18(22)16(10-15)12-21/h3-8,10,13,19-23H,9,11-12H2,1-2H3/t13?,19-/m0/s1. The highest BCUT2D eigenvalue weighted by atomic mass is 16.5. The zero-order valence-electron chi connectivity index (χ0n) is 14.1. The molecule has 0 spiro atoms. The van der Waals surface area contributed by atoms with Crippen LogP contribution in [-0.2, 0) is 13.0 Å². The first-order valence-electron chi connectivity index (χ1n) is 8.00. The lowest BCUT2D eigenvalue weighted by Gasteiger charge is -2.18. The number of rotatable bonds is 8. The molecular formula is C19H25NO4. The van der Waals surface area contributed by atoms with Gasteiger partial charge in [0.25, 0.3) is 0 Å². The van der Waals surface area contributed by atoms with Gasteiger partial charge < -0.3 is 25.4 Å². The lowest BCUT2D eigenvalue weighted by Crippen LogP contribution is -2.32. The van der Waals surface area contributed by atoms with E-state index in [4.69, 9.17) is 4.74 Å². The van der Waals surface area contributed by atoms with E-state index in [1.807, 2.05) is 24.3 Å². The molecule has 0 saturated heterocycles. The fourth-order valence-corrected chi connectivity index (χ4v) is 2.56. The van der Waals surface area contributed by atoms with Crippen molar-refractivity contribution in [3.8, 4) is 11.5 Å². The minimum Gasteiger partial charge on any atom is -0.508 e. The number of aliphatic hydroxyl groups excluding tert-OH is 2. The number of benzene rings is 2. The monoisotopic (exact) mass is 331 g/mol. The Kier molecular flexibility index (Phi) is 6.61. The van der Waals surface area contributed by atoms with Gasteiger partial charge in [-0.3, -0.25) is 0 Å². The van der Waals surface area contributed by atoms with Crippen LogP contribution in [0.3, 0.4) is 0 Å². The fourth-order valence-electron chi connectivity index (χ4n) is 2.56. The van der Waals surface area contributed by atoms with E-state index in [0.29, 0.717) is 17.7 Å². The van der Waals surface area contributed by atoms with Crippen molar-refractivity contribution in [2.24, 2.45) is 0 Å². The van der Waals surface area contributed by atoms with Crippen LogP contribution in [-0.4, -0.2) is 35.0 Å². The summed E-state index contributed by atoms with van der Waals surface area (Å²) in [5.74, 6) is 0.871. The van der Waals surface area contributed by atoms with Crippen molar-refractivity contribution in [2.75, 3.05) is 13.7 Å². The largest absolute Gasteiger partial charge is 0.508 e. The van der Waals surface area contributed by atoms with Crippen molar-refractivity contribution in [1.82, 2.24) is 5.32 Å². The Labute approximate surface area is 142 Å². The second-order valence-electron chi connectivity index (χ2n) is 5.92. The second-order valence-corrected chi connectivity index (χ2v) is 5.92. The van der Waals surface area contributed by atoms with Gasteiger partial charge >= 0.3 is 0 Å². The average Bonchev–Trinajstić information content (AvgIpc) is 2.60. The molecule has 0 fully saturated rings. The van der Waals surface area contributed by atoms with Gasteiger partial charge in [0.1, 0.15) is 11.5 Å². The number of hydrogen-bond acceptors (Lipinski definition) is 5. The van der Waals surface area contributed by atoms with Crippen LogP contribution in [0.1, 0.15) is 29.7 Å². The van der Waals surface area contributed by atoms with Gasteiger partial charge in [0.05, 0.1) is 19.8 Å². The van der Waals surface area contributed by atoms with Crippen molar-refractivity contribution in [1.29, 1.82) is 0 Å². The van der Waals surface area contributed by atoms with E-state index in [9.17, 15) is 15.3 Å². The number of hydrogen-bond donors (Lipinski definition) is 4. The average molecular weight is 331 g/mol. The summed E-state index contributed by atoms with van der Waals surface area (Å²) < 4.78 is 5.15. The van der Waals surface area contributed by atoms with E-state index in [2.05, 4.69) is 12.2 Å². The van der Waals surface area contributed by atoms with Crippen molar-refractivity contribution in [2.45, 2.75) is 32.1 Å². The van der Waals surface area contributed by atoms with Gasteiger partial charge in [0, 0.05) is 18.2 Å². The third-order valence-electron chi connectivity index (χ3n) is 4.02. The predicted octanol–water partition coefficient (Wildman–Crippen LogP) is 2.15. The van der Waals surface area contributed by atoms with Gasteiger partial charge in [0.15, 0.2) is 0 Å². The Morgan fingerprint density at radius 2 is 1.83 bits per heavy atom. The minimum absolute atomic E-state index is 0.0364. The first-order valence-corrected chi connectivity index (χ1v) is 8.00. The lowest BCUT2D eigenvalue weighted by molar-refractivity contribution is 0.170. The van der Waals surface area contributed by atoms with Crippen LogP contribution in [0.15, 0.2) is 42.5 Å². The van der Waals surface area contributed by atoms with Crippen LogP contribution in [0.2, 0.25) is 0 Å². The minimum atomic E-state index is -0.700. The molecule has 2 aromatic carbocycles. The van der Waals surface area contributed by atoms with Crippen molar-refractivity contribution in [3.05, 3.63) is 59.2 Å². The third-order valence-corrected chi connectivity index (χ3v) is 4.02. The molecule has 4 N–H and O–H groups in total. The van der Waals surface area contributed by atoms with Crippen LogP contribution < -0.4 is 10.1 Å². The molecule has 1 unspecified atom stereocenters. The maximum Gasteiger partial charge on any atom is 0.121 e. The van der Waals surface area contributed by atoms with E-state index < -0.39 is 6.10 Å². The van der Waals surface area contributed by atoms with E-state index in [0.717, 1.165) is 12.2 Å². The molecule has 0 heterocycles. The number of nitrogens with one attached hydrogen (secondary N) is 1. The SMILES string of the molecule is COc1ccc(CC(C)NC[C@H](O)c2ccc(O)c(CO)c2)cc1. The van der Waals surface area contributed by atoms with Crippen molar-refractivity contribution >= 4 is 0 Å². The second kappa shape index (κ2) is 8.68.